The van der Waals surface area contributed by atoms with Gasteiger partial charge in [-0.3, -0.25) is 4.79 Å². The number of aryl methyl sites for hydroxylation is 1. The van der Waals surface area contributed by atoms with Gasteiger partial charge in [-0.1, -0.05) is 0 Å². The van der Waals surface area contributed by atoms with E-state index < -0.39 is 0 Å². The Kier molecular flexibility index (Phi) is 3.16. The minimum atomic E-state index is -0.198. The molecular weight excluding hydrogens is 242 g/mol. The van der Waals surface area contributed by atoms with Gasteiger partial charge in [0.05, 0.1) is 6.04 Å². The van der Waals surface area contributed by atoms with Crippen LogP contribution in [0.2, 0.25) is 0 Å². The molecule has 19 heavy (non-hydrogen) atoms. The molecule has 0 spiro atoms. The number of carbonyl (C=O) groups excluding carboxylic acids is 1. The van der Waals surface area contributed by atoms with E-state index in [-0.39, 0.29) is 11.9 Å². The number of imidazole rings is 1. The smallest absolute Gasteiger partial charge is 0.237 e. The summed E-state index contributed by atoms with van der Waals surface area (Å²) in [5.41, 5.74) is 1.77. The third-order valence-electron chi connectivity index (χ3n) is 3.42. The zero-order valence-electron chi connectivity index (χ0n) is 10.9. The molecule has 6 nitrogen and oxygen atoms in total. The van der Waals surface area contributed by atoms with E-state index in [0.29, 0.717) is 13.0 Å². The van der Waals surface area contributed by atoms with Crippen LogP contribution in [-0.2, 0) is 17.8 Å². The molecule has 0 saturated carbocycles. The number of nitrogens with zero attached hydrogens (tertiary/aromatic N) is 3. The Morgan fingerprint density at radius 2 is 2.37 bits per heavy atom. The van der Waals surface area contributed by atoms with E-state index in [1.807, 2.05) is 12.1 Å². The van der Waals surface area contributed by atoms with Crippen LogP contribution >= 0.6 is 0 Å². The number of hydrogen-bond acceptors (Lipinski definition) is 4. The summed E-state index contributed by atoms with van der Waals surface area (Å²) < 4.78 is 2.07. The second-order valence-corrected chi connectivity index (χ2v) is 4.62. The third-order valence-corrected chi connectivity index (χ3v) is 3.42. The molecule has 1 atom stereocenters. The monoisotopic (exact) mass is 259 g/mol. The van der Waals surface area contributed by atoms with Gasteiger partial charge in [-0.05, 0) is 19.1 Å². The maximum absolute atomic E-state index is 11.8. The lowest BCUT2D eigenvalue weighted by Gasteiger charge is -2.23. The number of carbonyl (C=O) groups is 1. The Morgan fingerprint density at radius 1 is 1.47 bits per heavy atom. The molecule has 1 fully saturated rings. The van der Waals surface area contributed by atoms with Gasteiger partial charge in [0.15, 0.2) is 5.65 Å². The van der Waals surface area contributed by atoms with Gasteiger partial charge in [0, 0.05) is 32.3 Å². The summed E-state index contributed by atoms with van der Waals surface area (Å²) in [6.45, 7) is 4.37. The molecule has 100 valence electrons. The molecule has 1 aliphatic heterocycles. The number of fused-ring (bicyclic) bond motifs is 1. The fourth-order valence-electron chi connectivity index (χ4n) is 2.49. The minimum Gasteiger partial charge on any atom is -0.353 e. The standard InChI is InChI=1S/C13H17N5O/c1-2-18-11(8-10-13(19)16-7-6-14-10)17-9-4-3-5-15-12(9)18/h3-5,10,14H,2,6-8H2,1H3,(H,16,19). The summed E-state index contributed by atoms with van der Waals surface area (Å²) in [6.07, 6.45) is 2.36. The van der Waals surface area contributed by atoms with Gasteiger partial charge in [-0.25, -0.2) is 9.97 Å². The van der Waals surface area contributed by atoms with Crippen molar-refractivity contribution in [3.63, 3.8) is 0 Å². The first-order chi connectivity index (χ1) is 9.29. The van der Waals surface area contributed by atoms with E-state index in [4.69, 9.17) is 0 Å². The zero-order chi connectivity index (χ0) is 13.2. The summed E-state index contributed by atoms with van der Waals surface area (Å²) in [6, 6.07) is 3.63. The molecule has 1 amide bonds. The fourth-order valence-corrected chi connectivity index (χ4v) is 2.49. The number of aromatic nitrogens is 3. The van der Waals surface area contributed by atoms with Crippen LogP contribution in [-0.4, -0.2) is 39.6 Å². The highest BCUT2D eigenvalue weighted by molar-refractivity contribution is 5.82. The quantitative estimate of drug-likeness (QED) is 0.819. The van der Waals surface area contributed by atoms with Crippen LogP contribution in [0, 0.1) is 0 Å². The SMILES string of the molecule is CCn1c(CC2NCCNC2=O)nc2cccnc21. The zero-order valence-corrected chi connectivity index (χ0v) is 10.9. The Balaban J connectivity index is 1.93. The molecule has 2 aromatic heterocycles. The van der Waals surface area contributed by atoms with Crippen LogP contribution in [0.15, 0.2) is 18.3 Å². The molecule has 1 unspecified atom stereocenters. The van der Waals surface area contributed by atoms with E-state index in [9.17, 15) is 4.79 Å². The number of pyridine rings is 1. The van der Waals surface area contributed by atoms with Crippen molar-refractivity contribution in [2.75, 3.05) is 13.1 Å². The molecule has 0 bridgehead atoms. The van der Waals surface area contributed by atoms with Crippen molar-refractivity contribution < 1.29 is 4.79 Å². The van der Waals surface area contributed by atoms with E-state index in [1.54, 1.807) is 6.20 Å². The van der Waals surface area contributed by atoms with Crippen LogP contribution in [0.1, 0.15) is 12.7 Å². The molecule has 0 radical (unpaired) electrons. The van der Waals surface area contributed by atoms with Crippen LogP contribution < -0.4 is 10.6 Å². The predicted molar refractivity (Wildman–Crippen MR) is 71.7 cm³/mol. The molecule has 3 rings (SSSR count). The molecule has 1 saturated heterocycles. The Bertz CT molecular complexity index is 606. The van der Waals surface area contributed by atoms with E-state index in [0.717, 1.165) is 30.1 Å². The normalized spacial score (nSPS) is 19.6. The van der Waals surface area contributed by atoms with Crippen molar-refractivity contribution in [2.45, 2.75) is 25.9 Å². The highest BCUT2D eigenvalue weighted by Crippen LogP contribution is 2.15. The van der Waals surface area contributed by atoms with Crippen LogP contribution in [0.25, 0.3) is 11.2 Å². The van der Waals surface area contributed by atoms with Gasteiger partial charge in [-0.2, -0.15) is 0 Å². The number of hydrogen-bond donors (Lipinski definition) is 2. The molecule has 1 aliphatic rings. The van der Waals surface area contributed by atoms with Gasteiger partial charge in [0.2, 0.25) is 5.91 Å². The second kappa shape index (κ2) is 4.97. The molecule has 0 aliphatic carbocycles. The number of rotatable bonds is 3. The summed E-state index contributed by atoms with van der Waals surface area (Å²) in [4.78, 5) is 20.7. The largest absolute Gasteiger partial charge is 0.353 e. The lowest BCUT2D eigenvalue weighted by molar-refractivity contribution is -0.124. The van der Waals surface area contributed by atoms with Gasteiger partial charge < -0.3 is 15.2 Å². The predicted octanol–water partition coefficient (Wildman–Crippen LogP) is 0.0817. The summed E-state index contributed by atoms with van der Waals surface area (Å²) in [5, 5.41) is 6.10. The fraction of sp³-hybridized carbons (Fsp3) is 0.462. The average molecular weight is 259 g/mol. The van der Waals surface area contributed by atoms with Crippen LogP contribution in [0.3, 0.4) is 0 Å². The van der Waals surface area contributed by atoms with Crippen molar-refractivity contribution in [1.82, 2.24) is 25.2 Å². The van der Waals surface area contributed by atoms with Gasteiger partial charge in [-0.15, -0.1) is 0 Å². The van der Waals surface area contributed by atoms with Crippen molar-refractivity contribution in [3.8, 4) is 0 Å². The molecule has 6 heteroatoms. The van der Waals surface area contributed by atoms with E-state index in [1.165, 1.54) is 0 Å². The van der Waals surface area contributed by atoms with Gasteiger partial charge >= 0.3 is 0 Å². The van der Waals surface area contributed by atoms with E-state index in [2.05, 4.69) is 32.1 Å². The highest BCUT2D eigenvalue weighted by Gasteiger charge is 2.24. The average Bonchev–Trinajstić information content (AvgIpc) is 2.78. The van der Waals surface area contributed by atoms with Gasteiger partial charge in [0.1, 0.15) is 11.3 Å². The Hall–Kier alpha value is -1.95. The maximum Gasteiger partial charge on any atom is 0.237 e. The molecule has 3 heterocycles. The topological polar surface area (TPSA) is 71.8 Å². The van der Waals surface area contributed by atoms with Crippen molar-refractivity contribution in [1.29, 1.82) is 0 Å². The molecule has 0 aromatic carbocycles. The lowest BCUT2D eigenvalue weighted by atomic mass is 10.1. The van der Waals surface area contributed by atoms with E-state index >= 15 is 0 Å². The second-order valence-electron chi connectivity index (χ2n) is 4.62. The van der Waals surface area contributed by atoms with Crippen LogP contribution in [0.4, 0.5) is 0 Å². The lowest BCUT2D eigenvalue weighted by Crippen LogP contribution is -2.54. The first kappa shape index (κ1) is 12.1. The summed E-state index contributed by atoms with van der Waals surface area (Å²) in [7, 11) is 0. The third kappa shape index (κ3) is 2.19. The molecule has 2 aromatic rings. The number of amides is 1. The highest BCUT2D eigenvalue weighted by atomic mass is 16.2. The maximum atomic E-state index is 11.8. The summed E-state index contributed by atoms with van der Waals surface area (Å²) >= 11 is 0. The number of piperazine rings is 1. The molecule has 2 N–H and O–H groups in total. The Morgan fingerprint density at radius 3 is 3.16 bits per heavy atom. The number of nitrogens with one attached hydrogen (secondary N) is 2. The van der Waals surface area contributed by atoms with Crippen LogP contribution in [0.5, 0.6) is 0 Å². The Labute approximate surface area is 111 Å². The molecular formula is C13H17N5O. The minimum absolute atomic E-state index is 0.0499. The van der Waals surface area contributed by atoms with Crippen molar-refractivity contribution >= 4 is 17.1 Å². The van der Waals surface area contributed by atoms with Crippen molar-refractivity contribution in [2.24, 2.45) is 0 Å². The van der Waals surface area contributed by atoms with Crippen molar-refractivity contribution in [3.05, 3.63) is 24.2 Å². The first-order valence-corrected chi connectivity index (χ1v) is 6.61. The summed E-state index contributed by atoms with van der Waals surface area (Å²) in [5.74, 6) is 0.958. The first-order valence-electron chi connectivity index (χ1n) is 6.61. The van der Waals surface area contributed by atoms with Gasteiger partial charge in [0.25, 0.3) is 0 Å².